The van der Waals surface area contributed by atoms with Crippen molar-refractivity contribution in [2.45, 2.75) is 13.0 Å². The third-order valence-corrected chi connectivity index (χ3v) is 3.86. The molecule has 2 N–H and O–H groups in total. The molecule has 2 aromatic carbocycles. The van der Waals surface area contributed by atoms with E-state index in [9.17, 15) is 0 Å². The van der Waals surface area contributed by atoms with Crippen molar-refractivity contribution in [2.75, 3.05) is 26.1 Å². The van der Waals surface area contributed by atoms with Crippen molar-refractivity contribution in [3.05, 3.63) is 47.5 Å². The Morgan fingerprint density at radius 3 is 2.36 bits per heavy atom. The lowest BCUT2D eigenvalue weighted by Crippen LogP contribution is -2.39. The molecule has 0 bridgehead atoms. The molecule has 0 aliphatic carbocycles. The zero-order valence-corrected chi connectivity index (χ0v) is 15.9. The lowest BCUT2D eigenvalue weighted by molar-refractivity contribution is 0.286. The van der Waals surface area contributed by atoms with Gasteiger partial charge in [0.1, 0.15) is 23.9 Å². The van der Waals surface area contributed by atoms with E-state index >= 15 is 0 Å². The molecular weight excluding hydrogens is 360 g/mol. The molecule has 0 fully saturated rings. The van der Waals surface area contributed by atoms with E-state index in [1.165, 1.54) is 0 Å². The Morgan fingerprint density at radius 2 is 1.76 bits per heavy atom. The van der Waals surface area contributed by atoms with Crippen molar-refractivity contribution in [2.24, 2.45) is 0 Å². The second-order valence-corrected chi connectivity index (χ2v) is 6.15. The summed E-state index contributed by atoms with van der Waals surface area (Å²) in [6, 6.07) is 12.8. The fourth-order valence-corrected chi connectivity index (χ4v) is 2.65. The molecule has 25 heavy (non-hydrogen) atoms. The van der Waals surface area contributed by atoms with Crippen LogP contribution < -0.4 is 24.8 Å². The molecule has 0 heterocycles. The van der Waals surface area contributed by atoms with Crippen LogP contribution in [0.15, 0.2) is 42.5 Å². The topological polar surface area (TPSA) is 51.8 Å². The fraction of sp³-hybridized carbons (Fsp3) is 0.278. The zero-order valence-electron chi connectivity index (χ0n) is 14.3. The van der Waals surface area contributed by atoms with Gasteiger partial charge in [-0.15, -0.1) is 0 Å². The molecule has 0 aromatic heterocycles. The first kappa shape index (κ1) is 19.1. The maximum Gasteiger partial charge on any atom is 0.171 e. The number of halogens is 1. The summed E-state index contributed by atoms with van der Waals surface area (Å²) >= 11 is 11.4. The highest BCUT2D eigenvalue weighted by Gasteiger charge is 2.07. The lowest BCUT2D eigenvalue weighted by atomic mass is 10.3. The minimum absolute atomic E-state index is 0.0239. The number of methoxy groups -OCH3 is 2. The van der Waals surface area contributed by atoms with Crippen molar-refractivity contribution in [3.63, 3.8) is 0 Å². The van der Waals surface area contributed by atoms with Crippen LogP contribution in [0.4, 0.5) is 5.69 Å². The van der Waals surface area contributed by atoms with E-state index in [0.29, 0.717) is 22.5 Å². The second kappa shape index (κ2) is 9.34. The van der Waals surface area contributed by atoms with Gasteiger partial charge in [-0.25, -0.2) is 0 Å². The van der Waals surface area contributed by atoms with Crippen LogP contribution in [0.5, 0.6) is 17.2 Å². The highest BCUT2D eigenvalue weighted by Crippen LogP contribution is 2.27. The average molecular weight is 381 g/mol. The summed E-state index contributed by atoms with van der Waals surface area (Å²) in [5.74, 6) is 2.18. The number of hydrogen-bond acceptors (Lipinski definition) is 4. The minimum atomic E-state index is 0.0239. The molecular formula is C18H21ClN2O3S. The fourth-order valence-electron chi connectivity index (χ4n) is 2.07. The summed E-state index contributed by atoms with van der Waals surface area (Å²) in [6.45, 7) is 2.45. The van der Waals surface area contributed by atoms with Crippen LogP contribution >= 0.6 is 23.8 Å². The van der Waals surface area contributed by atoms with Gasteiger partial charge in [0, 0.05) is 5.69 Å². The molecule has 2 aromatic rings. The van der Waals surface area contributed by atoms with Gasteiger partial charge in [-0.2, -0.15) is 0 Å². The molecule has 0 aliphatic rings. The summed E-state index contributed by atoms with van der Waals surface area (Å²) in [5.41, 5.74) is 0.784. The number of benzene rings is 2. The Kier molecular flexibility index (Phi) is 7.16. The Balaban J connectivity index is 1.80. The number of rotatable bonds is 7. The van der Waals surface area contributed by atoms with Crippen molar-refractivity contribution < 1.29 is 14.2 Å². The van der Waals surface area contributed by atoms with Gasteiger partial charge in [-0.3, -0.25) is 0 Å². The van der Waals surface area contributed by atoms with E-state index in [0.717, 1.165) is 17.2 Å². The SMILES string of the molecule is COc1ccc(OCC(C)NC(=S)Nc2ccc(OC)c(Cl)c2)cc1. The number of thiocarbonyl (C=S) groups is 1. The summed E-state index contributed by atoms with van der Waals surface area (Å²) in [4.78, 5) is 0. The molecule has 0 amide bonds. The van der Waals surface area contributed by atoms with Gasteiger partial charge in [0.25, 0.3) is 0 Å². The monoisotopic (exact) mass is 380 g/mol. The highest BCUT2D eigenvalue weighted by molar-refractivity contribution is 7.80. The van der Waals surface area contributed by atoms with E-state index in [2.05, 4.69) is 10.6 Å². The molecule has 5 nitrogen and oxygen atoms in total. The van der Waals surface area contributed by atoms with Crippen LogP contribution in [-0.2, 0) is 0 Å². The molecule has 1 unspecified atom stereocenters. The van der Waals surface area contributed by atoms with Gasteiger partial charge in [0.15, 0.2) is 5.11 Å². The maximum absolute atomic E-state index is 6.10. The van der Waals surface area contributed by atoms with Crippen LogP contribution in [-0.4, -0.2) is 32.0 Å². The van der Waals surface area contributed by atoms with Crippen LogP contribution in [0.2, 0.25) is 5.02 Å². The number of nitrogens with one attached hydrogen (secondary N) is 2. The standard InChI is InChI=1S/C18H21ClN2O3S/c1-12(11-24-15-7-5-14(22-2)6-8-15)20-18(25)21-13-4-9-17(23-3)16(19)10-13/h4-10,12H,11H2,1-3H3,(H2,20,21,25). The predicted molar refractivity (Wildman–Crippen MR) is 105 cm³/mol. The van der Waals surface area contributed by atoms with Crippen LogP contribution in [0.3, 0.4) is 0 Å². The maximum atomic E-state index is 6.10. The van der Waals surface area contributed by atoms with Gasteiger partial charge in [-0.05, 0) is 61.6 Å². The van der Waals surface area contributed by atoms with Gasteiger partial charge >= 0.3 is 0 Å². The molecule has 0 spiro atoms. The molecule has 1 atom stereocenters. The molecule has 2 rings (SSSR count). The van der Waals surface area contributed by atoms with Crippen molar-refractivity contribution in [1.29, 1.82) is 0 Å². The van der Waals surface area contributed by atoms with E-state index in [1.54, 1.807) is 26.4 Å². The van der Waals surface area contributed by atoms with Crippen molar-refractivity contribution in [1.82, 2.24) is 5.32 Å². The summed E-state index contributed by atoms with van der Waals surface area (Å²) in [7, 11) is 3.21. The Hall–Kier alpha value is -2.18. The number of ether oxygens (including phenoxy) is 3. The second-order valence-electron chi connectivity index (χ2n) is 5.34. The quantitative estimate of drug-likeness (QED) is 0.705. The van der Waals surface area contributed by atoms with E-state index < -0.39 is 0 Å². The van der Waals surface area contributed by atoms with Crippen LogP contribution in [0, 0.1) is 0 Å². The summed E-state index contributed by atoms with van der Waals surface area (Å²) in [6.07, 6.45) is 0. The first-order chi connectivity index (χ1) is 12.0. The molecule has 0 aliphatic heterocycles. The van der Waals surface area contributed by atoms with Gasteiger partial charge in [-0.1, -0.05) is 11.6 Å². The van der Waals surface area contributed by atoms with E-state index in [-0.39, 0.29) is 6.04 Å². The molecule has 0 saturated carbocycles. The van der Waals surface area contributed by atoms with E-state index in [1.807, 2.05) is 37.3 Å². The third kappa shape index (κ3) is 5.99. The third-order valence-electron chi connectivity index (χ3n) is 3.35. The van der Waals surface area contributed by atoms with Gasteiger partial charge in [0.2, 0.25) is 0 Å². The molecule has 7 heteroatoms. The first-order valence-electron chi connectivity index (χ1n) is 7.69. The van der Waals surface area contributed by atoms with Crippen molar-refractivity contribution in [3.8, 4) is 17.2 Å². The van der Waals surface area contributed by atoms with Gasteiger partial charge < -0.3 is 24.8 Å². The largest absolute Gasteiger partial charge is 0.497 e. The molecule has 0 saturated heterocycles. The minimum Gasteiger partial charge on any atom is -0.497 e. The van der Waals surface area contributed by atoms with Crippen LogP contribution in [0.25, 0.3) is 0 Å². The number of anilines is 1. The smallest absolute Gasteiger partial charge is 0.171 e. The lowest BCUT2D eigenvalue weighted by Gasteiger charge is -2.18. The summed E-state index contributed by atoms with van der Waals surface area (Å²) in [5, 5.41) is 7.26. The Morgan fingerprint density at radius 1 is 1.08 bits per heavy atom. The first-order valence-corrected chi connectivity index (χ1v) is 8.48. The molecule has 134 valence electrons. The van der Waals surface area contributed by atoms with E-state index in [4.69, 9.17) is 38.0 Å². The normalized spacial score (nSPS) is 11.4. The van der Waals surface area contributed by atoms with Gasteiger partial charge in [0.05, 0.1) is 25.3 Å². The molecule has 0 radical (unpaired) electrons. The average Bonchev–Trinajstić information content (AvgIpc) is 2.60. The highest BCUT2D eigenvalue weighted by atomic mass is 35.5. The summed E-state index contributed by atoms with van der Waals surface area (Å²) < 4.78 is 16.0. The Bertz CT molecular complexity index is 710. The van der Waals surface area contributed by atoms with Crippen molar-refractivity contribution >= 4 is 34.6 Å². The van der Waals surface area contributed by atoms with Crippen LogP contribution in [0.1, 0.15) is 6.92 Å². The Labute approximate surface area is 158 Å². The number of hydrogen-bond donors (Lipinski definition) is 2. The predicted octanol–water partition coefficient (Wildman–Crippen LogP) is 4.11. The zero-order chi connectivity index (χ0) is 18.2.